The van der Waals surface area contributed by atoms with Gasteiger partial charge in [0, 0.05) is 39.8 Å². The quantitative estimate of drug-likeness (QED) is 0.236. The molecule has 0 unspecified atom stereocenters. The second-order valence-electron chi connectivity index (χ2n) is 7.52. The van der Waals surface area contributed by atoms with E-state index in [-0.39, 0.29) is 24.0 Å². The Morgan fingerprint density at radius 3 is 2.59 bits per heavy atom. The van der Waals surface area contributed by atoms with E-state index in [4.69, 9.17) is 9.73 Å². The van der Waals surface area contributed by atoms with Crippen LogP contribution in [0.2, 0.25) is 0 Å². The first-order valence-electron chi connectivity index (χ1n) is 10.7. The van der Waals surface area contributed by atoms with Gasteiger partial charge in [0.05, 0.1) is 6.61 Å². The van der Waals surface area contributed by atoms with Gasteiger partial charge in [-0.1, -0.05) is 12.1 Å². The van der Waals surface area contributed by atoms with Crippen LogP contribution in [0.3, 0.4) is 0 Å². The van der Waals surface area contributed by atoms with Crippen molar-refractivity contribution in [2.45, 2.75) is 33.2 Å². The maximum absolute atomic E-state index is 5.52. The van der Waals surface area contributed by atoms with Gasteiger partial charge in [-0.15, -0.1) is 24.0 Å². The molecule has 166 valence electrons. The van der Waals surface area contributed by atoms with Gasteiger partial charge in [-0.2, -0.15) is 0 Å². The molecule has 0 atom stereocenters. The molecule has 1 fully saturated rings. The fourth-order valence-corrected chi connectivity index (χ4v) is 3.48. The Kier molecular flexibility index (Phi) is 13.3. The molecule has 0 bridgehead atoms. The number of halogens is 1. The molecule has 0 radical (unpaired) electrons. The summed E-state index contributed by atoms with van der Waals surface area (Å²) in [7, 11) is 4.32. The first-order chi connectivity index (χ1) is 13.6. The summed E-state index contributed by atoms with van der Waals surface area (Å²) in [6.07, 6.45) is 2.38. The van der Waals surface area contributed by atoms with Crippen LogP contribution in [0.4, 0.5) is 0 Å². The van der Waals surface area contributed by atoms with Crippen molar-refractivity contribution in [3.05, 3.63) is 29.8 Å². The van der Waals surface area contributed by atoms with Crippen LogP contribution in [0.5, 0.6) is 5.75 Å². The van der Waals surface area contributed by atoms with Gasteiger partial charge in [-0.25, -0.2) is 0 Å². The molecule has 0 amide bonds. The highest BCUT2D eigenvalue weighted by Crippen LogP contribution is 2.13. The molecular weight excluding hydrogens is 477 g/mol. The van der Waals surface area contributed by atoms with Crippen LogP contribution < -0.4 is 10.1 Å². The lowest BCUT2D eigenvalue weighted by Gasteiger charge is -2.23. The summed E-state index contributed by atoms with van der Waals surface area (Å²) in [6.45, 7) is 13.3. The molecule has 0 saturated carbocycles. The van der Waals surface area contributed by atoms with Crippen LogP contribution in [-0.4, -0.2) is 87.2 Å². The Hall–Kier alpha value is -1.06. The lowest BCUT2D eigenvalue weighted by Crippen LogP contribution is -2.38. The summed E-state index contributed by atoms with van der Waals surface area (Å²) in [6, 6.07) is 8.33. The minimum atomic E-state index is 0. The van der Waals surface area contributed by atoms with E-state index in [0.717, 1.165) is 44.3 Å². The van der Waals surface area contributed by atoms with Crippen molar-refractivity contribution in [2.24, 2.45) is 4.99 Å². The monoisotopic (exact) mass is 517 g/mol. The fourth-order valence-electron chi connectivity index (χ4n) is 3.48. The molecular formula is C22H40IN5O. The molecule has 1 heterocycles. The maximum Gasteiger partial charge on any atom is 0.193 e. The third-order valence-electron chi connectivity index (χ3n) is 5.06. The summed E-state index contributed by atoms with van der Waals surface area (Å²) in [5.41, 5.74) is 1.25. The van der Waals surface area contributed by atoms with Gasteiger partial charge >= 0.3 is 0 Å². The Bertz CT molecular complexity index is 581. The molecule has 1 aliphatic rings. The zero-order valence-corrected chi connectivity index (χ0v) is 21.0. The highest BCUT2D eigenvalue weighted by molar-refractivity contribution is 14.0. The van der Waals surface area contributed by atoms with Gasteiger partial charge in [0.25, 0.3) is 0 Å². The number of hydrogen-bond donors (Lipinski definition) is 1. The summed E-state index contributed by atoms with van der Waals surface area (Å²) in [5.74, 6) is 1.90. The molecule has 2 rings (SSSR count). The molecule has 0 spiro atoms. The van der Waals surface area contributed by atoms with Crippen LogP contribution in [-0.2, 0) is 6.54 Å². The smallest absolute Gasteiger partial charge is 0.193 e. The molecule has 1 aromatic carbocycles. The highest BCUT2D eigenvalue weighted by atomic mass is 127. The van der Waals surface area contributed by atoms with E-state index in [1.807, 2.05) is 19.1 Å². The zero-order chi connectivity index (χ0) is 20.2. The van der Waals surface area contributed by atoms with Crippen LogP contribution in [0.25, 0.3) is 0 Å². The Morgan fingerprint density at radius 1 is 1.14 bits per heavy atom. The molecule has 7 heteroatoms. The Balaban J connectivity index is 0.00000420. The van der Waals surface area contributed by atoms with E-state index >= 15 is 0 Å². The molecule has 1 aliphatic heterocycles. The Morgan fingerprint density at radius 2 is 1.90 bits per heavy atom. The molecule has 0 aromatic heterocycles. The fraction of sp³-hybridized carbons (Fsp3) is 0.682. The Labute approximate surface area is 194 Å². The summed E-state index contributed by atoms with van der Waals surface area (Å²) < 4.78 is 5.52. The molecule has 0 aliphatic carbocycles. The molecule has 1 aromatic rings. The first-order valence-corrected chi connectivity index (χ1v) is 10.7. The SMILES string of the molecule is CCNC(=NCCCN1CCCN(C)CC1)N(C)Cc1ccc(OCC)cc1.I. The minimum Gasteiger partial charge on any atom is -0.494 e. The molecule has 1 N–H and O–H groups in total. The number of nitrogens with one attached hydrogen (secondary N) is 1. The summed E-state index contributed by atoms with van der Waals surface area (Å²) in [5, 5.41) is 3.42. The van der Waals surface area contributed by atoms with Crippen molar-refractivity contribution in [1.29, 1.82) is 0 Å². The third-order valence-corrected chi connectivity index (χ3v) is 5.06. The highest BCUT2D eigenvalue weighted by Gasteiger charge is 2.11. The van der Waals surface area contributed by atoms with Crippen molar-refractivity contribution >= 4 is 29.9 Å². The standard InChI is InChI=1S/C22H39N5O.HI/c1-5-23-22(24-13-7-15-27-16-8-14-25(3)17-18-27)26(4)19-20-9-11-21(12-10-20)28-6-2;/h9-12H,5-8,13-19H2,1-4H3,(H,23,24);1H. The van der Waals surface area contributed by atoms with E-state index in [0.29, 0.717) is 6.61 Å². The predicted molar refractivity (Wildman–Crippen MR) is 134 cm³/mol. The summed E-state index contributed by atoms with van der Waals surface area (Å²) >= 11 is 0. The van der Waals surface area contributed by atoms with Crippen LogP contribution in [0.15, 0.2) is 29.3 Å². The van der Waals surface area contributed by atoms with Gasteiger partial charge in [-0.05, 0) is 71.1 Å². The average molecular weight is 518 g/mol. The van der Waals surface area contributed by atoms with E-state index in [9.17, 15) is 0 Å². The van der Waals surface area contributed by atoms with Gasteiger partial charge in [0.15, 0.2) is 5.96 Å². The van der Waals surface area contributed by atoms with Crippen LogP contribution in [0.1, 0.15) is 32.3 Å². The van der Waals surface area contributed by atoms with Gasteiger partial charge < -0.3 is 24.8 Å². The minimum absolute atomic E-state index is 0. The first kappa shape index (κ1) is 26.0. The van der Waals surface area contributed by atoms with E-state index in [1.54, 1.807) is 0 Å². The number of guanidine groups is 1. The van der Waals surface area contributed by atoms with Crippen LogP contribution >= 0.6 is 24.0 Å². The number of nitrogens with zero attached hydrogens (tertiary/aromatic N) is 4. The number of hydrogen-bond acceptors (Lipinski definition) is 4. The zero-order valence-electron chi connectivity index (χ0n) is 18.7. The van der Waals surface area contributed by atoms with Crippen molar-refractivity contribution in [2.75, 3.05) is 66.5 Å². The lowest BCUT2D eigenvalue weighted by molar-refractivity contribution is 0.275. The van der Waals surface area contributed by atoms with Gasteiger partial charge in [-0.3, -0.25) is 4.99 Å². The third kappa shape index (κ3) is 10.00. The summed E-state index contributed by atoms with van der Waals surface area (Å²) in [4.78, 5) is 12.1. The topological polar surface area (TPSA) is 43.3 Å². The second-order valence-corrected chi connectivity index (χ2v) is 7.52. The van der Waals surface area contributed by atoms with Crippen molar-refractivity contribution < 1.29 is 4.74 Å². The molecule has 29 heavy (non-hydrogen) atoms. The second kappa shape index (κ2) is 14.8. The van der Waals surface area contributed by atoms with Crippen molar-refractivity contribution in [3.8, 4) is 5.75 Å². The van der Waals surface area contributed by atoms with E-state index < -0.39 is 0 Å². The number of rotatable bonds is 9. The lowest BCUT2D eigenvalue weighted by atomic mass is 10.2. The number of ether oxygens (including phenoxy) is 1. The van der Waals surface area contributed by atoms with Gasteiger partial charge in [0.2, 0.25) is 0 Å². The predicted octanol–water partition coefficient (Wildman–Crippen LogP) is 3.13. The number of benzene rings is 1. The number of likely N-dealkylation sites (N-methyl/N-ethyl adjacent to an activating group) is 1. The average Bonchev–Trinajstić information content (AvgIpc) is 2.90. The van der Waals surface area contributed by atoms with Crippen molar-refractivity contribution in [1.82, 2.24) is 20.0 Å². The van der Waals surface area contributed by atoms with Crippen LogP contribution in [0, 0.1) is 0 Å². The largest absolute Gasteiger partial charge is 0.494 e. The molecule has 6 nitrogen and oxygen atoms in total. The maximum atomic E-state index is 5.52. The van der Waals surface area contributed by atoms with Crippen molar-refractivity contribution in [3.63, 3.8) is 0 Å². The molecule has 1 saturated heterocycles. The van der Waals surface area contributed by atoms with Gasteiger partial charge in [0.1, 0.15) is 5.75 Å². The number of aliphatic imine (C=N–C) groups is 1. The van der Waals surface area contributed by atoms with E-state index in [1.165, 1.54) is 38.2 Å². The van der Waals surface area contributed by atoms with E-state index in [2.05, 4.69) is 53.2 Å². The normalized spacial score (nSPS) is 16.1.